The number of aryl methyl sites for hydroxylation is 1. The first-order valence-corrected chi connectivity index (χ1v) is 18.7. The van der Waals surface area contributed by atoms with Gasteiger partial charge in [0.1, 0.15) is 11.2 Å². The molecule has 7 aromatic carbocycles. The van der Waals surface area contributed by atoms with Crippen molar-refractivity contribution in [3.05, 3.63) is 169 Å². The number of fused-ring (bicyclic) bond motifs is 6. The minimum absolute atomic E-state index is 0.632. The molecule has 0 aliphatic carbocycles. The molecular weight excluding hydrogens is 661 g/mol. The molecule has 258 valence electrons. The minimum Gasteiger partial charge on any atom is -0.456 e. The Labute approximate surface area is 313 Å². The Hall–Kier alpha value is -6.85. The van der Waals surface area contributed by atoms with E-state index in [2.05, 4.69) is 157 Å². The van der Waals surface area contributed by atoms with Crippen LogP contribution in [0, 0.1) is 0 Å². The molecule has 0 radical (unpaired) electrons. The van der Waals surface area contributed by atoms with Gasteiger partial charge in [0.15, 0.2) is 17.5 Å². The quantitative estimate of drug-likeness (QED) is 0.159. The Morgan fingerprint density at radius 3 is 1.83 bits per heavy atom. The highest BCUT2D eigenvalue weighted by Crippen LogP contribution is 2.38. The average molecular weight is 697 g/mol. The highest BCUT2D eigenvalue weighted by Gasteiger charge is 2.18. The molecule has 10 aromatic rings. The SMILES string of the molecule is CCCCc1ccc(-c2nc(-c3ccc(-n4c5ccccc5c5cc6c(cc54)oc4ccccc46)cc3)nc(-c3cccc(-c4ccccc4)c3)n2)cc1. The van der Waals surface area contributed by atoms with E-state index in [4.69, 9.17) is 19.4 Å². The maximum absolute atomic E-state index is 6.34. The van der Waals surface area contributed by atoms with Gasteiger partial charge in [0.2, 0.25) is 0 Å². The van der Waals surface area contributed by atoms with Crippen LogP contribution in [0.3, 0.4) is 0 Å². The van der Waals surface area contributed by atoms with Gasteiger partial charge in [0, 0.05) is 50.0 Å². The van der Waals surface area contributed by atoms with Crippen molar-refractivity contribution in [2.75, 3.05) is 0 Å². The van der Waals surface area contributed by atoms with E-state index in [1.54, 1.807) is 0 Å². The first-order chi connectivity index (χ1) is 26.7. The molecule has 0 aliphatic rings. The molecule has 0 unspecified atom stereocenters. The van der Waals surface area contributed by atoms with Crippen LogP contribution in [-0.4, -0.2) is 19.5 Å². The third-order valence-electron chi connectivity index (χ3n) is 10.4. The molecule has 5 heteroatoms. The number of para-hydroxylation sites is 2. The number of aromatic nitrogens is 4. The van der Waals surface area contributed by atoms with Crippen molar-refractivity contribution in [2.45, 2.75) is 26.2 Å². The Morgan fingerprint density at radius 2 is 1.07 bits per heavy atom. The molecule has 0 aliphatic heterocycles. The lowest BCUT2D eigenvalue weighted by Gasteiger charge is -2.11. The standard InChI is InChI=1S/C49H36N4O/c1-2-3-12-32-21-23-34(24-22-32)47-50-48(52-49(51-47)37-16-11-15-36(29-37)33-13-5-4-6-14-33)35-25-27-38(28-26-35)53-43-19-9-7-17-39(43)41-30-42-40-18-8-10-20-45(40)54-46(42)31-44(41)53/h4-11,13-31H,2-3,12H2,1H3. The van der Waals surface area contributed by atoms with Crippen LogP contribution in [0.1, 0.15) is 25.3 Å². The molecular formula is C49H36N4O. The summed E-state index contributed by atoms with van der Waals surface area (Å²) in [6.07, 6.45) is 3.41. The summed E-state index contributed by atoms with van der Waals surface area (Å²) < 4.78 is 8.66. The van der Waals surface area contributed by atoms with Gasteiger partial charge in [-0.3, -0.25) is 0 Å². The van der Waals surface area contributed by atoms with Gasteiger partial charge < -0.3 is 8.98 Å². The average Bonchev–Trinajstić information content (AvgIpc) is 3.77. The second-order valence-corrected chi connectivity index (χ2v) is 13.9. The normalized spacial score (nSPS) is 11.6. The van der Waals surface area contributed by atoms with E-state index in [0.717, 1.165) is 72.9 Å². The van der Waals surface area contributed by atoms with Crippen LogP contribution in [0.4, 0.5) is 0 Å². The lowest BCUT2D eigenvalue weighted by Crippen LogP contribution is -2.01. The molecule has 3 aromatic heterocycles. The molecule has 0 saturated heterocycles. The first-order valence-electron chi connectivity index (χ1n) is 18.7. The molecule has 3 heterocycles. The zero-order valence-electron chi connectivity index (χ0n) is 29.9. The molecule has 0 amide bonds. The molecule has 10 rings (SSSR count). The van der Waals surface area contributed by atoms with E-state index >= 15 is 0 Å². The van der Waals surface area contributed by atoms with E-state index in [1.807, 2.05) is 18.2 Å². The van der Waals surface area contributed by atoms with Gasteiger partial charge in [-0.2, -0.15) is 0 Å². The van der Waals surface area contributed by atoms with Crippen LogP contribution in [0.5, 0.6) is 0 Å². The fraction of sp³-hybridized carbons (Fsp3) is 0.0816. The smallest absolute Gasteiger partial charge is 0.164 e. The van der Waals surface area contributed by atoms with Crippen LogP contribution in [0.2, 0.25) is 0 Å². The molecule has 0 spiro atoms. The summed E-state index contributed by atoms with van der Waals surface area (Å²) in [6, 6.07) is 57.4. The van der Waals surface area contributed by atoms with Gasteiger partial charge in [-0.15, -0.1) is 0 Å². The third kappa shape index (κ3) is 5.62. The van der Waals surface area contributed by atoms with Gasteiger partial charge in [-0.05, 0) is 78.1 Å². The Kier molecular flexibility index (Phi) is 7.84. The van der Waals surface area contributed by atoms with E-state index in [9.17, 15) is 0 Å². The topological polar surface area (TPSA) is 56.7 Å². The predicted octanol–water partition coefficient (Wildman–Crippen LogP) is 12.9. The summed E-state index contributed by atoms with van der Waals surface area (Å²) in [7, 11) is 0. The van der Waals surface area contributed by atoms with Gasteiger partial charge >= 0.3 is 0 Å². The molecule has 0 N–H and O–H groups in total. The molecule has 5 nitrogen and oxygen atoms in total. The van der Waals surface area contributed by atoms with Gasteiger partial charge in [-0.25, -0.2) is 15.0 Å². The second kappa shape index (κ2) is 13.3. The largest absolute Gasteiger partial charge is 0.456 e. The fourth-order valence-corrected chi connectivity index (χ4v) is 7.66. The highest BCUT2D eigenvalue weighted by molar-refractivity contribution is 6.17. The summed E-state index contributed by atoms with van der Waals surface area (Å²) >= 11 is 0. The number of rotatable bonds is 8. The molecule has 0 fully saturated rings. The summed E-state index contributed by atoms with van der Waals surface area (Å²) in [6.45, 7) is 2.23. The first kappa shape index (κ1) is 31.9. The lowest BCUT2D eigenvalue weighted by molar-refractivity contribution is 0.669. The summed E-state index contributed by atoms with van der Waals surface area (Å²) in [4.78, 5) is 15.2. The van der Waals surface area contributed by atoms with Crippen molar-refractivity contribution in [1.82, 2.24) is 19.5 Å². The van der Waals surface area contributed by atoms with Crippen molar-refractivity contribution in [2.24, 2.45) is 0 Å². The number of hydrogen-bond donors (Lipinski definition) is 0. The molecule has 54 heavy (non-hydrogen) atoms. The van der Waals surface area contributed by atoms with E-state index in [0.29, 0.717) is 17.5 Å². The number of unbranched alkanes of at least 4 members (excludes halogenated alkanes) is 1. The molecule has 0 saturated carbocycles. The number of nitrogens with zero attached hydrogens (tertiary/aromatic N) is 4. The summed E-state index contributed by atoms with van der Waals surface area (Å²) in [5, 5.41) is 4.65. The van der Waals surface area contributed by atoms with Crippen LogP contribution in [0.25, 0.3) is 94.7 Å². The van der Waals surface area contributed by atoms with Crippen molar-refractivity contribution in [3.63, 3.8) is 0 Å². The number of benzene rings is 7. The van der Waals surface area contributed by atoms with E-state index in [-0.39, 0.29) is 0 Å². The molecule has 0 atom stereocenters. The zero-order valence-corrected chi connectivity index (χ0v) is 29.9. The Balaban J connectivity index is 1.09. The van der Waals surface area contributed by atoms with Crippen molar-refractivity contribution in [3.8, 4) is 51.0 Å². The Morgan fingerprint density at radius 1 is 0.444 bits per heavy atom. The summed E-state index contributed by atoms with van der Waals surface area (Å²) in [5.41, 5.74) is 11.5. The summed E-state index contributed by atoms with van der Waals surface area (Å²) in [5.74, 6) is 1.93. The maximum Gasteiger partial charge on any atom is 0.164 e. The predicted molar refractivity (Wildman–Crippen MR) is 222 cm³/mol. The van der Waals surface area contributed by atoms with Crippen molar-refractivity contribution >= 4 is 43.7 Å². The van der Waals surface area contributed by atoms with Gasteiger partial charge in [-0.1, -0.05) is 123 Å². The van der Waals surface area contributed by atoms with Gasteiger partial charge in [0.05, 0.1) is 11.0 Å². The monoisotopic (exact) mass is 696 g/mol. The maximum atomic E-state index is 6.34. The second-order valence-electron chi connectivity index (χ2n) is 13.9. The third-order valence-corrected chi connectivity index (χ3v) is 10.4. The van der Waals surface area contributed by atoms with Crippen LogP contribution >= 0.6 is 0 Å². The molecule has 0 bridgehead atoms. The van der Waals surface area contributed by atoms with Crippen LogP contribution < -0.4 is 0 Å². The van der Waals surface area contributed by atoms with Gasteiger partial charge in [0.25, 0.3) is 0 Å². The van der Waals surface area contributed by atoms with Crippen molar-refractivity contribution < 1.29 is 4.42 Å². The number of furan rings is 1. The van der Waals surface area contributed by atoms with E-state index < -0.39 is 0 Å². The highest BCUT2D eigenvalue weighted by atomic mass is 16.3. The van der Waals surface area contributed by atoms with Crippen LogP contribution in [-0.2, 0) is 6.42 Å². The minimum atomic E-state index is 0.632. The van der Waals surface area contributed by atoms with Crippen molar-refractivity contribution in [1.29, 1.82) is 0 Å². The lowest BCUT2D eigenvalue weighted by atomic mass is 10.0. The van der Waals surface area contributed by atoms with E-state index in [1.165, 1.54) is 29.2 Å². The Bertz CT molecular complexity index is 2960. The fourth-order valence-electron chi connectivity index (χ4n) is 7.66. The zero-order chi connectivity index (χ0) is 36.0. The van der Waals surface area contributed by atoms with Crippen LogP contribution in [0.15, 0.2) is 168 Å². The number of hydrogen-bond acceptors (Lipinski definition) is 4.